The quantitative estimate of drug-likeness (QED) is 0.739. The molecule has 18 heavy (non-hydrogen) atoms. The van der Waals surface area contributed by atoms with E-state index in [1.807, 2.05) is 0 Å². The molecule has 0 aliphatic heterocycles. The molecule has 0 unspecified atom stereocenters. The van der Waals surface area contributed by atoms with Gasteiger partial charge in [0.25, 0.3) is 16.4 Å². The monoisotopic (exact) mass is 346 g/mol. The third-order valence-electron chi connectivity index (χ3n) is 1.98. The van der Waals surface area contributed by atoms with Crippen molar-refractivity contribution in [1.29, 1.82) is 0 Å². The van der Waals surface area contributed by atoms with Crippen LogP contribution in [0, 0.1) is 5.82 Å². The molecule has 102 valence electrons. The molecule has 1 aromatic heterocycles. The average Bonchev–Trinajstić information content (AvgIpc) is 2.28. The number of sulfonamides is 1. The Morgan fingerprint density at radius 2 is 2.11 bits per heavy atom. The highest BCUT2D eigenvalue weighted by Crippen LogP contribution is 2.17. The lowest BCUT2D eigenvalue weighted by Crippen LogP contribution is -2.37. The normalized spacial score (nSPS) is 12.3. The van der Waals surface area contributed by atoms with Gasteiger partial charge in [-0.3, -0.25) is 0 Å². The molecule has 0 amide bonds. The Labute approximate surface area is 111 Å². The molecule has 0 fully saturated rings. The number of nitrogens with zero attached hydrogens (tertiary/aromatic N) is 2. The Morgan fingerprint density at radius 1 is 1.44 bits per heavy atom. The largest absolute Gasteiger partial charge is 0.263 e. The van der Waals surface area contributed by atoms with Crippen LogP contribution in [0.2, 0.25) is 0 Å². The van der Waals surface area contributed by atoms with E-state index in [1.54, 1.807) is 0 Å². The van der Waals surface area contributed by atoms with Crippen LogP contribution in [0.3, 0.4) is 0 Å². The van der Waals surface area contributed by atoms with Gasteiger partial charge >= 0.3 is 0 Å². The van der Waals surface area contributed by atoms with E-state index in [1.165, 1.54) is 6.07 Å². The molecule has 0 N–H and O–H groups in total. The van der Waals surface area contributed by atoms with Crippen molar-refractivity contribution in [3.05, 3.63) is 24.1 Å². The first-order valence-electron chi connectivity index (χ1n) is 4.84. The summed E-state index contributed by atoms with van der Waals surface area (Å²) in [5.74, 6) is -1.06. The Balaban J connectivity index is 3.13. The predicted octanol–water partition coefficient (Wildman–Crippen LogP) is 1.87. The van der Waals surface area contributed by atoms with Crippen molar-refractivity contribution in [3.63, 3.8) is 0 Å². The molecule has 0 radical (unpaired) electrons. The summed E-state index contributed by atoms with van der Waals surface area (Å²) in [6, 6.07) is 2.13. The number of rotatable bonds is 6. The van der Waals surface area contributed by atoms with Crippen molar-refractivity contribution in [2.24, 2.45) is 0 Å². The molecule has 0 bridgehead atoms. The Morgan fingerprint density at radius 3 is 2.61 bits per heavy atom. The molecule has 0 atom stereocenters. The van der Waals surface area contributed by atoms with Gasteiger partial charge in [-0.15, -0.1) is 0 Å². The molecule has 0 spiro atoms. The molecule has 0 saturated carbocycles. The molecule has 0 aliphatic carbocycles. The summed E-state index contributed by atoms with van der Waals surface area (Å²) >= 11 is 2.96. The third kappa shape index (κ3) is 3.66. The highest BCUT2D eigenvalue weighted by molar-refractivity contribution is 9.09. The van der Waals surface area contributed by atoms with Crippen molar-refractivity contribution < 1.29 is 21.6 Å². The molecular weight excluding hydrogens is 337 g/mol. The van der Waals surface area contributed by atoms with E-state index in [0.29, 0.717) is 4.31 Å². The fourth-order valence-corrected chi connectivity index (χ4v) is 3.30. The van der Waals surface area contributed by atoms with E-state index < -0.39 is 33.8 Å². The van der Waals surface area contributed by atoms with Gasteiger partial charge in [-0.05, 0) is 12.1 Å². The lowest BCUT2D eigenvalue weighted by atomic mass is 10.5. The van der Waals surface area contributed by atoms with Crippen molar-refractivity contribution in [2.45, 2.75) is 11.5 Å². The molecule has 0 aromatic carbocycles. The van der Waals surface area contributed by atoms with E-state index in [9.17, 15) is 21.6 Å². The molecule has 4 nitrogen and oxygen atoms in total. The fraction of sp³-hybridized carbons (Fsp3) is 0.444. The highest BCUT2D eigenvalue weighted by atomic mass is 79.9. The maximum Gasteiger partial charge on any atom is 0.263 e. The first-order valence-corrected chi connectivity index (χ1v) is 7.40. The van der Waals surface area contributed by atoms with Gasteiger partial charge in [0.15, 0.2) is 5.82 Å². The number of pyridine rings is 1. The minimum Gasteiger partial charge on any atom is -0.241 e. The molecule has 1 rings (SSSR count). The Bertz CT molecular complexity index is 498. The second kappa shape index (κ2) is 6.48. The van der Waals surface area contributed by atoms with Crippen molar-refractivity contribution in [3.8, 4) is 0 Å². The van der Waals surface area contributed by atoms with Crippen molar-refractivity contribution in [2.75, 3.05) is 18.4 Å². The van der Waals surface area contributed by atoms with E-state index in [4.69, 9.17) is 0 Å². The number of halogens is 4. The number of hydrogen-bond donors (Lipinski definition) is 0. The fourth-order valence-electron chi connectivity index (χ4n) is 1.24. The molecule has 9 heteroatoms. The molecule has 1 heterocycles. The van der Waals surface area contributed by atoms with Crippen LogP contribution >= 0.6 is 15.9 Å². The van der Waals surface area contributed by atoms with Crippen LogP contribution in [0.1, 0.15) is 0 Å². The molecule has 0 saturated heterocycles. The summed E-state index contributed by atoms with van der Waals surface area (Å²) in [6.07, 6.45) is -1.75. The Kier molecular flexibility index (Phi) is 5.54. The van der Waals surface area contributed by atoms with Gasteiger partial charge in [0, 0.05) is 18.1 Å². The molecule has 1 aromatic rings. The second-order valence-corrected chi connectivity index (χ2v) is 5.88. The summed E-state index contributed by atoms with van der Waals surface area (Å²) in [5.41, 5.74) is 0. The number of hydrogen-bond acceptors (Lipinski definition) is 3. The second-order valence-electron chi connectivity index (χ2n) is 3.23. The highest BCUT2D eigenvalue weighted by Gasteiger charge is 2.30. The third-order valence-corrected chi connectivity index (χ3v) is 4.14. The van der Waals surface area contributed by atoms with Gasteiger partial charge < -0.3 is 0 Å². The van der Waals surface area contributed by atoms with Crippen molar-refractivity contribution in [1.82, 2.24) is 9.29 Å². The van der Waals surface area contributed by atoms with Crippen molar-refractivity contribution >= 4 is 26.0 Å². The lowest BCUT2D eigenvalue weighted by Gasteiger charge is -2.20. The van der Waals surface area contributed by atoms with Gasteiger partial charge in [-0.2, -0.15) is 4.31 Å². The van der Waals surface area contributed by atoms with Crippen LogP contribution < -0.4 is 0 Å². The summed E-state index contributed by atoms with van der Waals surface area (Å²) in [5, 5.41) is -0.681. The smallest absolute Gasteiger partial charge is 0.241 e. The molecule has 0 aliphatic rings. The van der Waals surface area contributed by atoms with Crippen LogP contribution in [0.15, 0.2) is 23.4 Å². The van der Waals surface area contributed by atoms with Crippen LogP contribution in [0.25, 0.3) is 0 Å². The summed E-state index contributed by atoms with van der Waals surface area (Å²) in [7, 11) is -4.35. The van der Waals surface area contributed by atoms with E-state index in [2.05, 4.69) is 20.9 Å². The maximum atomic E-state index is 13.4. The van der Waals surface area contributed by atoms with Crippen LogP contribution in [-0.4, -0.2) is 42.6 Å². The zero-order valence-corrected chi connectivity index (χ0v) is 11.5. The summed E-state index contributed by atoms with van der Waals surface area (Å²) < 4.78 is 62.4. The van der Waals surface area contributed by atoms with Gasteiger partial charge in [0.2, 0.25) is 5.03 Å². The maximum absolute atomic E-state index is 13.4. The lowest BCUT2D eigenvalue weighted by molar-refractivity contribution is 0.121. The zero-order chi connectivity index (χ0) is 13.8. The van der Waals surface area contributed by atoms with Gasteiger partial charge in [0.05, 0.1) is 6.54 Å². The minimum atomic E-state index is -4.35. The first kappa shape index (κ1) is 15.4. The minimum absolute atomic E-state index is 0.160. The van der Waals surface area contributed by atoms with E-state index in [-0.39, 0.29) is 11.9 Å². The standard InChI is InChI=1S/C9H10BrF3N2O2S/c10-3-5-15(6-8(12)13)18(16,17)9-7(11)2-1-4-14-9/h1-2,4,8H,3,5-6H2. The predicted molar refractivity (Wildman–Crippen MR) is 62.8 cm³/mol. The SMILES string of the molecule is O=S(=O)(c1ncccc1F)N(CCBr)CC(F)F. The van der Waals surface area contributed by atoms with E-state index >= 15 is 0 Å². The Hall–Kier alpha value is -0.670. The summed E-state index contributed by atoms with van der Waals surface area (Å²) in [6.45, 7) is -1.19. The molecular formula is C9H10BrF3N2O2S. The summed E-state index contributed by atoms with van der Waals surface area (Å²) in [4.78, 5) is 3.40. The number of aromatic nitrogens is 1. The van der Waals surface area contributed by atoms with Crippen LogP contribution in [0.5, 0.6) is 0 Å². The zero-order valence-electron chi connectivity index (χ0n) is 9.06. The number of alkyl halides is 3. The van der Waals surface area contributed by atoms with Crippen LogP contribution in [0.4, 0.5) is 13.2 Å². The first-order chi connectivity index (χ1) is 8.39. The average molecular weight is 347 g/mol. The van der Waals surface area contributed by atoms with Gasteiger partial charge in [0.1, 0.15) is 0 Å². The van der Waals surface area contributed by atoms with E-state index in [0.717, 1.165) is 12.3 Å². The topological polar surface area (TPSA) is 50.3 Å². The van der Waals surface area contributed by atoms with Crippen LogP contribution in [-0.2, 0) is 10.0 Å². The van der Waals surface area contributed by atoms with Gasteiger partial charge in [-0.25, -0.2) is 26.6 Å². The van der Waals surface area contributed by atoms with Gasteiger partial charge in [-0.1, -0.05) is 15.9 Å².